The number of aliphatic hydroxyl groups excluding tert-OH is 1. The highest BCUT2D eigenvalue weighted by molar-refractivity contribution is 5.96. The minimum atomic E-state index is -0.179. The van der Waals surface area contributed by atoms with Crippen molar-refractivity contribution in [3.8, 4) is 5.75 Å². The Balaban J connectivity index is 1.52. The van der Waals surface area contributed by atoms with Gasteiger partial charge in [-0.05, 0) is 56.4 Å². The number of rotatable bonds is 4. The van der Waals surface area contributed by atoms with E-state index in [1.165, 1.54) is 6.42 Å². The van der Waals surface area contributed by atoms with Crippen molar-refractivity contribution in [2.24, 2.45) is 0 Å². The molecule has 2 atom stereocenters. The molecule has 1 amide bonds. The SMILES string of the molecule is COc1ccc(C(=O)NC2CCN(C3CCCCC3O)CC2)c(C)c1. The van der Waals surface area contributed by atoms with Gasteiger partial charge in [-0.2, -0.15) is 0 Å². The number of carbonyl (C=O) groups excluding carboxylic acids is 1. The summed E-state index contributed by atoms with van der Waals surface area (Å²) < 4.78 is 5.20. The number of amides is 1. The maximum Gasteiger partial charge on any atom is 0.251 e. The Labute approximate surface area is 150 Å². The maximum absolute atomic E-state index is 12.6. The van der Waals surface area contributed by atoms with Crippen molar-refractivity contribution in [2.45, 2.75) is 63.6 Å². The quantitative estimate of drug-likeness (QED) is 0.879. The molecule has 2 unspecified atom stereocenters. The lowest BCUT2D eigenvalue weighted by Gasteiger charge is -2.41. The highest BCUT2D eigenvalue weighted by Crippen LogP contribution is 2.26. The molecule has 25 heavy (non-hydrogen) atoms. The molecular weight excluding hydrogens is 316 g/mol. The van der Waals surface area contributed by atoms with E-state index in [1.54, 1.807) is 7.11 Å². The van der Waals surface area contributed by atoms with Gasteiger partial charge in [-0.25, -0.2) is 0 Å². The predicted octanol–water partition coefficient (Wildman–Crippen LogP) is 2.50. The molecule has 1 heterocycles. The number of nitrogens with zero attached hydrogens (tertiary/aromatic N) is 1. The first-order valence-electron chi connectivity index (χ1n) is 9.46. The van der Waals surface area contributed by atoms with E-state index in [4.69, 9.17) is 4.74 Å². The molecule has 1 aromatic rings. The molecular formula is C20H30N2O3. The van der Waals surface area contributed by atoms with Crippen molar-refractivity contribution in [2.75, 3.05) is 20.2 Å². The third-order valence-electron chi connectivity index (χ3n) is 5.71. The molecule has 1 aliphatic heterocycles. The van der Waals surface area contributed by atoms with Crippen LogP contribution in [0.2, 0.25) is 0 Å². The molecule has 1 saturated heterocycles. The minimum Gasteiger partial charge on any atom is -0.497 e. The second-order valence-electron chi connectivity index (χ2n) is 7.38. The zero-order valence-corrected chi connectivity index (χ0v) is 15.3. The molecule has 3 rings (SSSR count). The van der Waals surface area contributed by atoms with Gasteiger partial charge >= 0.3 is 0 Å². The van der Waals surface area contributed by atoms with Crippen molar-refractivity contribution in [1.82, 2.24) is 10.2 Å². The Kier molecular flexibility index (Phi) is 5.97. The van der Waals surface area contributed by atoms with Crippen LogP contribution in [0.25, 0.3) is 0 Å². The standard InChI is InChI=1S/C20H30N2O3/c1-14-13-16(25-2)7-8-17(14)20(24)21-15-9-11-22(12-10-15)18-5-3-4-6-19(18)23/h7-8,13,15,18-19,23H,3-6,9-12H2,1-2H3,(H,21,24). The zero-order valence-electron chi connectivity index (χ0n) is 15.3. The van der Waals surface area contributed by atoms with Gasteiger partial charge in [-0.1, -0.05) is 12.8 Å². The number of piperidine rings is 1. The minimum absolute atomic E-state index is 0.00342. The topological polar surface area (TPSA) is 61.8 Å². The van der Waals surface area contributed by atoms with Crippen molar-refractivity contribution >= 4 is 5.91 Å². The van der Waals surface area contributed by atoms with E-state index < -0.39 is 0 Å². The van der Waals surface area contributed by atoms with Gasteiger partial charge in [-0.3, -0.25) is 9.69 Å². The highest BCUT2D eigenvalue weighted by Gasteiger charge is 2.31. The van der Waals surface area contributed by atoms with Gasteiger partial charge in [0.05, 0.1) is 13.2 Å². The lowest BCUT2D eigenvalue weighted by atomic mass is 9.89. The number of ether oxygens (including phenoxy) is 1. The maximum atomic E-state index is 12.6. The molecule has 2 aliphatic rings. The van der Waals surface area contributed by atoms with Gasteiger partial charge in [0.15, 0.2) is 0 Å². The van der Waals surface area contributed by atoms with Crippen LogP contribution in [-0.4, -0.2) is 54.3 Å². The van der Waals surface area contributed by atoms with E-state index in [9.17, 15) is 9.90 Å². The molecule has 2 N–H and O–H groups in total. The first kappa shape index (κ1) is 18.2. The molecule has 0 aromatic heterocycles. The van der Waals surface area contributed by atoms with Gasteiger partial charge in [0.1, 0.15) is 5.75 Å². The number of carbonyl (C=O) groups is 1. The summed E-state index contributed by atoms with van der Waals surface area (Å²) in [5, 5.41) is 13.4. The Morgan fingerprint density at radius 1 is 1.20 bits per heavy atom. The number of aryl methyl sites for hydroxylation is 1. The molecule has 5 heteroatoms. The zero-order chi connectivity index (χ0) is 17.8. The van der Waals surface area contributed by atoms with E-state index in [-0.39, 0.29) is 18.1 Å². The van der Waals surface area contributed by atoms with Crippen LogP contribution in [0, 0.1) is 6.92 Å². The molecule has 0 bridgehead atoms. The number of methoxy groups -OCH3 is 1. The number of aliphatic hydroxyl groups is 1. The van der Waals surface area contributed by atoms with E-state index in [1.807, 2.05) is 25.1 Å². The Morgan fingerprint density at radius 3 is 2.56 bits per heavy atom. The second-order valence-corrected chi connectivity index (χ2v) is 7.38. The van der Waals surface area contributed by atoms with Crippen LogP contribution < -0.4 is 10.1 Å². The van der Waals surface area contributed by atoms with Gasteiger partial charge in [0, 0.05) is 30.7 Å². The van der Waals surface area contributed by atoms with Gasteiger partial charge < -0.3 is 15.2 Å². The van der Waals surface area contributed by atoms with Crippen LogP contribution in [0.5, 0.6) is 5.75 Å². The summed E-state index contributed by atoms with van der Waals surface area (Å²) in [6, 6.07) is 6.08. The normalized spacial score (nSPS) is 25.6. The summed E-state index contributed by atoms with van der Waals surface area (Å²) in [7, 11) is 1.63. The molecule has 0 spiro atoms. The van der Waals surface area contributed by atoms with Crippen LogP contribution >= 0.6 is 0 Å². The van der Waals surface area contributed by atoms with E-state index in [0.717, 1.165) is 56.5 Å². The average molecular weight is 346 g/mol. The molecule has 5 nitrogen and oxygen atoms in total. The first-order chi connectivity index (χ1) is 12.1. The largest absolute Gasteiger partial charge is 0.497 e. The van der Waals surface area contributed by atoms with Gasteiger partial charge in [-0.15, -0.1) is 0 Å². The van der Waals surface area contributed by atoms with Crippen LogP contribution in [0.1, 0.15) is 54.4 Å². The Hall–Kier alpha value is -1.59. The predicted molar refractivity (Wildman–Crippen MR) is 98.1 cm³/mol. The van der Waals surface area contributed by atoms with Crippen LogP contribution in [0.4, 0.5) is 0 Å². The van der Waals surface area contributed by atoms with Crippen LogP contribution in [-0.2, 0) is 0 Å². The Morgan fingerprint density at radius 2 is 1.92 bits per heavy atom. The smallest absolute Gasteiger partial charge is 0.251 e. The average Bonchev–Trinajstić information content (AvgIpc) is 2.62. The molecule has 1 saturated carbocycles. The summed E-state index contributed by atoms with van der Waals surface area (Å²) in [5.74, 6) is 0.768. The van der Waals surface area contributed by atoms with Crippen molar-refractivity contribution in [3.63, 3.8) is 0 Å². The summed E-state index contributed by atoms with van der Waals surface area (Å²) in [4.78, 5) is 15.0. The van der Waals surface area contributed by atoms with E-state index in [2.05, 4.69) is 10.2 Å². The lowest BCUT2D eigenvalue weighted by Crippen LogP contribution is -2.52. The highest BCUT2D eigenvalue weighted by atomic mass is 16.5. The van der Waals surface area contributed by atoms with Crippen molar-refractivity contribution in [1.29, 1.82) is 0 Å². The summed E-state index contributed by atoms with van der Waals surface area (Å²) in [6.07, 6.45) is 6.11. The fourth-order valence-corrected chi connectivity index (χ4v) is 4.17. The van der Waals surface area contributed by atoms with E-state index >= 15 is 0 Å². The third-order valence-corrected chi connectivity index (χ3v) is 5.71. The second kappa shape index (κ2) is 8.19. The van der Waals surface area contributed by atoms with Gasteiger partial charge in [0.2, 0.25) is 0 Å². The third kappa shape index (κ3) is 4.33. The number of hydrogen-bond acceptors (Lipinski definition) is 4. The fourth-order valence-electron chi connectivity index (χ4n) is 4.17. The molecule has 0 radical (unpaired) electrons. The molecule has 1 aliphatic carbocycles. The number of benzene rings is 1. The summed E-state index contributed by atoms with van der Waals surface area (Å²) in [5.41, 5.74) is 1.64. The lowest BCUT2D eigenvalue weighted by molar-refractivity contribution is 0.00727. The molecule has 1 aromatic carbocycles. The van der Waals surface area contributed by atoms with Crippen molar-refractivity contribution < 1.29 is 14.6 Å². The number of hydrogen-bond donors (Lipinski definition) is 2. The van der Waals surface area contributed by atoms with E-state index in [0.29, 0.717) is 11.6 Å². The molecule has 138 valence electrons. The fraction of sp³-hybridized carbons (Fsp3) is 0.650. The molecule has 2 fully saturated rings. The Bertz CT molecular complexity index is 597. The summed E-state index contributed by atoms with van der Waals surface area (Å²) in [6.45, 7) is 3.84. The van der Waals surface area contributed by atoms with Crippen LogP contribution in [0.3, 0.4) is 0 Å². The monoisotopic (exact) mass is 346 g/mol. The van der Waals surface area contributed by atoms with Crippen LogP contribution in [0.15, 0.2) is 18.2 Å². The number of likely N-dealkylation sites (tertiary alicyclic amines) is 1. The van der Waals surface area contributed by atoms with Gasteiger partial charge in [0.25, 0.3) is 5.91 Å². The van der Waals surface area contributed by atoms with Crippen molar-refractivity contribution in [3.05, 3.63) is 29.3 Å². The first-order valence-corrected chi connectivity index (χ1v) is 9.46. The summed E-state index contributed by atoms with van der Waals surface area (Å²) >= 11 is 0. The number of nitrogens with one attached hydrogen (secondary N) is 1.